The van der Waals surface area contributed by atoms with Crippen LogP contribution in [0.2, 0.25) is 0 Å². The molecule has 1 aromatic rings. The summed E-state index contributed by atoms with van der Waals surface area (Å²) in [7, 11) is 0. The number of alkyl halides is 3. The SMILES string of the molecule is C[C@H]1CN(Cc2ncccc2C(F)(F)F)CCN1. The van der Waals surface area contributed by atoms with E-state index >= 15 is 0 Å². The Bertz CT molecular complexity index is 406. The number of hydrogen-bond acceptors (Lipinski definition) is 3. The second-order valence-electron chi connectivity index (χ2n) is 4.59. The predicted octanol–water partition coefficient (Wildman–Crippen LogP) is 1.89. The third-order valence-corrected chi connectivity index (χ3v) is 3.02. The first-order valence-corrected chi connectivity index (χ1v) is 5.93. The summed E-state index contributed by atoms with van der Waals surface area (Å²) < 4.78 is 38.4. The monoisotopic (exact) mass is 259 g/mol. The fourth-order valence-electron chi connectivity index (χ4n) is 2.19. The summed E-state index contributed by atoms with van der Waals surface area (Å²) in [6, 6.07) is 2.72. The van der Waals surface area contributed by atoms with Crippen LogP contribution < -0.4 is 5.32 Å². The molecule has 0 bridgehead atoms. The summed E-state index contributed by atoms with van der Waals surface area (Å²) in [4.78, 5) is 5.88. The minimum absolute atomic E-state index is 0.110. The Morgan fingerprint density at radius 2 is 2.28 bits per heavy atom. The summed E-state index contributed by atoms with van der Waals surface area (Å²) in [5.41, 5.74) is -0.518. The van der Waals surface area contributed by atoms with E-state index in [0.717, 1.165) is 25.7 Å². The van der Waals surface area contributed by atoms with E-state index in [4.69, 9.17) is 0 Å². The highest BCUT2D eigenvalue weighted by molar-refractivity contribution is 5.23. The first kappa shape index (κ1) is 13.3. The predicted molar refractivity (Wildman–Crippen MR) is 62.0 cm³/mol. The first-order valence-electron chi connectivity index (χ1n) is 5.93. The fourth-order valence-corrected chi connectivity index (χ4v) is 2.19. The lowest BCUT2D eigenvalue weighted by molar-refractivity contribution is -0.138. The number of pyridine rings is 1. The number of aromatic nitrogens is 1. The molecule has 1 saturated heterocycles. The Morgan fingerprint density at radius 3 is 2.94 bits per heavy atom. The number of halogens is 3. The molecule has 0 aromatic carbocycles. The van der Waals surface area contributed by atoms with Gasteiger partial charge in [-0.25, -0.2) is 0 Å². The molecule has 0 aliphatic carbocycles. The van der Waals surface area contributed by atoms with Crippen LogP contribution in [0.25, 0.3) is 0 Å². The Kier molecular flexibility index (Phi) is 3.87. The molecule has 18 heavy (non-hydrogen) atoms. The summed E-state index contributed by atoms with van der Waals surface area (Å²) in [5.74, 6) is 0. The maximum absolute atomic E-state index is 12.8. The topological polar surface area (TPSA) is 28.2 Å². The molecule has 1 aliphatic rings. The molecule has 2 rings (SSSR count). The third kappa shape index (κ3) is 3.20. The summed E-state index contributed by atoms with van der Waals surface area (Å²) in [6.45, 7) is 4.57. The van der Waals surface area contributed by atoms with Crippen molar-refractivity contribution in [2.75, 3.05) is 19.6 Å². The smallest absolute Gasteiger partial charge is 0.312 e. The molecule has 3 nitrogen and oxygen atoms in total. The quantitative estimate of drug-likeness (QED) is 0.879. The minimum atomic E-state index is -4.33. The third-order valence-electron chi connectivity index (χ3n) is 3.02. The number of hydrogen-bond donors (Lipinski definition) is 1. The van der Waals surface area contributed by atoms with Crippen molar-refractivity contribution in [2.45, 2.75) is 25.7 Å². The first-order chi connectivity index (χ1) is 8.47. The standard InChI is InChI=1S/C12H16F3N3/c1-9-7-18(6-5-16-9)8-11-10(12(13,14)15)3-2-4-17-11/h2-4,9,16H,5-8H2,1H3/t9-/m0/s1. The molecule has 0 spiro atoms. The van der Waals surface area contributed by atoms with E-state index in [-0.39, 0.29) is 12.2 Å². The second-order valence-corrected chi connectivity index (χ2v) is 4.59. The van der Waals surface area contributed by atoms with Crippen molar-refractivity contribution < 1.29 is 13.2 Å². The van der Waals surface area contributed by atoms with Crippen molar-refractivity contribution in [3.63, 3.8) is 0 Å². The number of rotatable bonds is 2. The van der Waals surface area contributed by atoms with E-state index in [1.165, 1.54) is 12.3 Å². The zero-order valence-corrected chi connectivity index (χ0v) is 10.2. The molecule has 1 aromatic heterocycles. The van der Waals surface area contributed by atoms with Crippen LogP contribution in [-0.2, 0) is 12.7 Å². The van der Waals surface area contributed by atoms with Gasteiger partial charge in [0.25, 0.3) is 0 Å². The van der Waals surface area contributed by atoms with Gasteiger partial charge in [0.1, 0.15) is 0 Å². The van der Waals surface area contributed by atoms with Crippen LogP contribution in [0.15, 0.2) is 18.3 Å². The minimum Gasteiger partial charge on any atom is -0.312 e. The molecule has 6 heteroatoms. The van der Waals surface area contributed by atoms with Crippen LogP contribution in [0.3, 0.4) is 0 Å². The van der Waals surface area contributed by atoms with Gasteiger partial charge in [-0.15, -0.1) is 0 Å². The average Bonchev–Trinajstić information content (AvgIpc) is 2.28. The van der Waals surface area contributed by atoms with Gasteiger partial charge in [-0.2, -0.15) is 13.2 Å². The van der Waals surface area contributed by atoms with Crippen LogP contribution in [0.4, 0.5) is 13.2 Å². The van der Waals surface area contributed by atoms with Gasteiger partial charge in [0, 0.05) is 38.4 Å². The fraction of sp³-hybridized carbons (Fsp3) is 0.583. The lowest BCUT2D eigenvalue weighted by atomic mass is 10.1. The Balaban J connectivity index is 2.13. The average molecular weight is 259 g/mol. The normalized spacial score (nSPS) is 22.1. The van der Waals surface area contributed by atoms with Crippen molar-refractivity contribution >= 4 is 0 Å². The molecule has 0 saturated carbocycles. The van der Waals surface area contributed by atoms with E-state index in [1.54, 1.807) is 0 Å². The van der Waals surface area contributed by atoms with Gasteiger partial charge in [-0.3, -0.25) is 9.88 Å². The van der Waals surface area contributed by atoms with Gasteiger partial charge in [0.2, 0.25) is 0 Å². The molecule has 1 atom stereocenters. The maximum Gasteiger partial charge on any atom is 0.418 e. The molecular weight excluding hydrogens is 243 g/mol. The van der Waals surface area contributed by atoms with E-state index in [1.807, 2.05) is 11.8 Å². The number of piperazine rings is 1. The van der Waals surface area contributed by atoms with Gasteiger partial charge in [-0.1, -0.05) is 0 Å². The van der Waals surface area contributed by atoms with Crippen molar-refractivity contribution in [1.82, 2.24) is 15.2 Å². The maximum atomic E-state index is 12.8. The van der Waals surface area contributed by atoms with Crippen LogP contribution in [0, 0.1) is 0 Å². The Hall–Kier alpha value is -1.14. The van der Waals surface area contributed by atoms with E-state index < -0.39 is 11.7 Å². The molecule has 2 heterocycles. The molecule has 1 N–H and O–H groups in total. The number of nitrogens with one attached hydrogen (secondary N) is 1. The molecule has 1 fully saturated rings. The van der Waals surface area contributed by atoms with Gasteiger partial charge < -0.3 is 5.32 Å². The largest absolute Gasteiger partial charge is 0.418 e. The molecule has 1 aliphatic heterocycles. The summed E-state index contributed by atoms with van der Waals surface area (Å²) in [5, 5.41) is 3.26. The van der Waals surface area contributed by atoms with E-state index in [9.17, 15) is 13.2 Å². The van der Waals surface area contributed by atoms with Crippen molar-refractivity contribution in [3.8, 4) is 0 Å². The highest BCUT2D eigenvalue weighted by atomic mass is 19.4. The van der Waals surface area contributed by atoms with Crippen molar-refractivity contribution in [1.29, 1.82) is 0 Å². The van der Waals surface area contributed by atoms with E-state index in [0.29, 0.717) is 6.04 Å². The van der Waals surface area contributed by atoms with Gasteiger partial charge in [-0.05, 0) is 19.1 Å². The van der Waals surface area contributed by atoms with Crippen LogP contribution in [-0.4, -0.2) is 35.6 Å². The van der Waals surface area contributed by atoms with Gasteiger partial charge in [0.15, 0.2) is 0 Å². The zero-order valence-electron chi connectivity index (χ0n) is 10.2. The zero-order chi connectivity index (χ0) is 13.2. The summed E-state index contributed by atoms with van der Waals surface area (Å²) in [6.07, 6.45) is -2.92. The van der Waals surface area contributed by atoms with Crippen LogP contribution in [0.5, 0.6) is 0 Å². The summed E-state index contributed by atoms with van der Waals surface area (Å²) >= 11 is 0. The van der Waals surface area contributed by atoms with Crippen molar-refractivity contribution in [3.05, 3.63) is 29.6 Å². The Labute approximate surface area is 104 Å². The highest BCUT2D eigenvalue weighted by Crippen LogP contribution is 2.31. The van der Waals surface area contributed by atoms with Crippen molar-refractivity contribution in [2.24, 2.45) is 0 Å². The molecular formula is C12H16F3N3. The Morgan fingerprint density at radius 1 is 1.50 bits per heavy atom. The number of nitrogens with zero attached hydrogens (tertiary/aromatic N) is 2. The molecule has 0 radical (unpaired) electrons. The molecule has 0 amide bonds. The van der Waals surface area contributed by atoms with Crippen LogP contribution >= 0.6 is 0 Å². The molecule has 0 unspecified atom stereocenters. The van der Waals surface area contributed by atoms with Gasteiger partial charge >= 0.3 is 6.18 Å². The lowest BCUT2D eigenvalue weighted by Gasteiger charge is -2.32. The second kappa shape index (κ2) is 5.24. The van der Waals surface area contributed by atoms with E-state index in [2.05, 4.69) is 10.3 Å². The van der Waals surface area contributed by atoms with Gasteiger partial charge in [0.05, 0.1) is 11.3 Å². The molecule has 100 valence electrons. The lowest BCUT2D eigenvalue weighted by Crippen LogP contribution is -2.48. The van der Waals surface area contributed by atoms with Crippen LogP contribution in [0.1, 0.15) is 18.2 Å². The highest BCUT2D eigenvalue weighted by Gasteiger charge is 2.34.